The second kappa shape index (κ2) is 6.07. The molecule has 23 heavy (non-hydrogen) atoms. The number of methoxy groups -OCH3 is 1. The van der Waals surface area contributed by atoms with Gasteiger partial charge in [0, 0.05) is 25.5 Å². The van der Waals surface area contributed by atoms with Crippen molar-refractivity contribution in [3.05, 3.63) is 36.3 Å². The fourth-order valence-electron chi connectivity index (χ4n) is 2.47. The van der Waals surface area contributed by atoms with Crippen molar-refractivity contribution >= 4 is 23.4 Å². The molecule has 0 aliphatic carbocycles. The molecule has 2 aromatic rings. The number of imidazole rings is 1. The molecule has 2 amide bonds. The van der Waals surface area contributed by atoms with Crippen LogP contribution in [0.3, 0.4) is 0 Å². The van der Waals surface area contributed by atoms with E-state index in [4.69, 9.17) is 0 Å². The van der Waals surface area contributed by atoms with Crippen LogP contribution in [0.5, 0.6) is 0 Å². The van der Waals surface area contributed by atoms with Gasteiger partial charge in [0.1, 0.15) is 24.4 Å². The van der Waals surface area contributed by atoms with E-state index in [1.54, 1.807) is 22.9 Å². The fourth-order valence-corrected chi connectivity index (χ4v) is 2.47. The molecule has 1 saturated heterocycles. The first-order valence-corrected chi connectivity index (χ1v) is 7.16. The average Bonchev–Trinajstić information content (AvgIpc) is 2.99. The summed E-state index contributed by atoms with van der Waals surface area (Å²) in [4.78, 5) is 42.9. The molecule has 8 nitrogen and oxygen atoms in total. The minimum atomic E-state index is -0.474. The summed E-state index contributed by atoms with van der Waals surface area (Å²) >= 11 is 0. The van der Waals surface area contributed by atoms with Gasteiger partial charge in [-0.2, -0.15) is 0 Å². The number of aromatic nitrogens is 2. The van der Waals surface area contributed by atoms with Crippen LogP contribution < -0.4 is 0 Å². The molecule has 1 aliphatic heterocycles. The number of carbonyl (C=O) groups excluding carboxylic acids is 3. The topological polar surface area (TPSA) is 84.2 Å². The molecule has 3 rings (SSSR count). The summed E-state index contributed by atoms with van der Waals surface area (Å²) in [6, 6.07) is 5.49. The molecule has 1 aliphatic rings. The van der Waals surface area contributed by atoms with Crippen molar-refractivity contribution in [2.75, 3.05) is 33.3 Å². The number of rotatable bonds is 3. The molecule has 120 valence electrons. The summed E-state index contributed by atoms with van der Waals surface area (Å²) in [7, 11) is 1.27. The van der Waals surface area contributed by atoms with Crippen LogP contribution in [-0.2, 0) is 14.3 Å². The smallest absolute Gasteiger partial charge is 0.325 e. The first kappa shape index (κ1) is 15.0. The van der Waals surface area contributed by atoms with E-state index in [9.17, 15) is 14.4 Å². The van der Waals surface area contributed by atoms with Crippen molar-refractivity contribution in [1.29, 1.82) is 0 Å². The van der Waals surface area contributed by atoms with Gasteiger partial charge in [-0.25, -0.2) is 4.98 Å². The van der Waals surface area contributed by atoms with Gasteiger partial charge < -0.3 is 18.9 Å². The summed E-state index contributed by atoms with van der Waals surface area (Å²) in [6.45, 7) is 0.498. The number of carbonyl (C=O) groups is 3. The number of piperazine rings is 1. The Morgan fingerprint density at radius 2 is 2.13 bits per heavy atom. The van der Waals surface area contributed by atoms with Gasteiger partial charge in [-0.05, 0) is 12.1 Å². The van der Waals surface area contributed by atoms with Gasteiger partial charge in [0.05, 0.1) is 7.11 Å². The van der Waals surface area contributed by atoms with E-state index in [0.29, 0.717) is 24.4 Å². The van der Waals surface area contributed by atoms with Gasteiger partial charge in [0.25, 0.3) is 5.91 Å². The summed E-state index contributed by atoms with van der Waals surface area (Å²) in [6.07, 6.45) is 3.45. The second-order valence-electron chi connectivity index (χ2n) is 5.21. The maximum Gasteiger partial charge on any atom is 0.325 e. The largest absolute Gasteiger partial charge is 0.468 e. The lowest BCUT2D eigenvalue weighted by atomic mass is 10.2. The third kappa shape index (κ3) is 3.01. The molecule has 0 bridgehead atoms. The summed E-state index contributed by atoms with van der Waals surface area (Å²) in [5, 5.41) is 0. The third-order valence-corrected chi connectivity index (χ3v) is 3.74. The van der Waals surface area contributed by atoms with E-state index in [2.05, 4.69) is 9.72 Å². The van der Waals surface area contributed by atoms with Gasteiger partial charge in [0.2, 0.25) is 5.91 Å². The normalized spacial score (nSPS) is 15.1. The average molecular weight is 316 g/mol. The Labute approximate surface area is 132 Å². The third-order valence-electron chi connectivity index (χ3n) is 3.74. The van der Waals surface area contributed by atoms with E-state index in [1.807, 2.05) is 12.1 Å². The van der Waals surface area contributed by atoms with Gasteiger partial charge in [0.15, 0.2) is 0 Å². The van der Waals surface area contributed by atoms with Crippen LogP contribution in [0.4, 0.5) is 0 Å². The summed E-state index contributed by atoms with van der Waals surface area (Å²) < 4.78 is 6.30. The highest BCUT2D eigenvalue weighted by Gasteiger charge is 2.29. The van der Waals surface area contributed by atoms with Crippen molar-refractivity contribution in [2.24, 2.45) is 0 Å². The van der Waals surface area contributed by atoms with Crippen molar-refractivity contribution in [1.82, 2.24) is 19.2 Å². The molecular weight excluding hydrogens is 300 g/mol. The zero-order chi connectivity index (χ0) is 16.4. The number of hydrogen-bond donors (Lipinski definition) is 0. The van der Waals surface area contributed by atoms with Crippen LogP contribution in [0, 0.1) is 0 Å². The molecule has 0 N–H and O–H groups in total. The molecule has 8 heteroatoms. The van der Waals surface area contributed by atoms with Gasteiger partial charge in [-0.15, -0.1) is 0 Å². The Balaban J connectivity index is 1.69. The number of ether oxygens (including phenoxy) is 1. The van der Waals surface area contributed by atoms with E-state index in [-0.39, 0.29) is 24.9 Å². The van der Waals surface area contributed by atoms with E-state index in [1.165, 1.54) is 16.9 Å². The Morgan fingerprint density at radius 3 is 2.83 bits per heavy atom. The lowest BCUT2D eigenvalue weighted by Gasteiger charge is -2.33. The van der Waals surface area contributed by atoms with Crippen molar-refractivity contribution in [2.45, 2.75) is 0 Å². The number of amides is 2. The van der Waals surface area contributed by atoms with Gasteiger partial charge >= 0.3 is 5.97 Å². The number of hydrogen-bond acceptors (Lipinski definition) is 5. The zero-order valence-electron chi connectivity index (χ0n) is 12.6. The van der Waals surface area contributed by atoms with Crippen LogP contribution in [0.1, 0.15) is 10.5 Å². The fraction of sp³-hybridized carbons (Fsp3) is 0.333. The van der Waals surface area contributed by atoms with Crippen LogP contribution in [-0.4, -0.2) is 70.3 Å². The quantitative estimate of drug-likeness (QED) is 0.732. The lowest BCUT2D eigenvalue weighted by molar-refractivity contribution is -0.148. The van der Waals surface area contributed by atoms with Crippen molar-refractivity contribution in [3.63, 3.8) is 0 Å². The Kier molecular flexibility index (Phi) is 3.96. The number of fused-ring (bicyclic) bond motifs is 1. The number of pyridine rings is 1. The minimum absolute atomic E-state index is 0.0658. The molecule has 1 fully saturated rings. The number of esters is 1. The first-order chi connectivity index (χ1) is 11.1. The van der Waals surface area contributed by atoms with Crippen LogP contribution in [0.15, 0.2) is 30.6 Å². The molecule has 2 aromatic heterocycles. The van der Waals surface area contributed by atoms with Crippen molar-refractivity contribution < 1.29 is 19.1 Å². The molecule has 0 atom stereocenters. The SMILES string of the molecule is COC(=O)CN1CCN(C(=O)c2cn3ccccc3n2)CC1=O. The molecule has 0 radical (unpaired) electrons. The predicted molar refractivity (Wildman–Crippen MR) is 79.7 cm³/mol. The second-order valence-corrected chi connectivity index (χ2v) is 5.21. The highest BCUT2D eigenvalue weighted by atomic mass is 16.5. The Morgan fingerprint density at radius 1 is 1.30 bits per heavy atom. The van der Waals surface area contributed by atoms with Crippen LogP contribution in [0.25, 0.3) is 5.65 Å². The van der Waals surface area contributed by atoms with Crippen LogP contribution in [0.2, 0.25) is 0 Å². The molecule has 3 heterocycles. The minimum Gasteiger partial charge on any atom is -0.468 e. The zero-order valence-corrected chi connectivity index (χ0v) is 12.6. The van der Waals surface area contributed by atoms with Crippen LogP contribution >= 0.6 is 0 Å². The molecule has 0 spiro atoms. The Hall–Kier alpha value is -2.90. The monoisotopic (exact) mass is 316 g/mol. The molecule has 0 saturated carbocycles. The standard InChI is InChI=1S/C15H16N4O4/c1-23-14(21)10-18-6-7-19(9-13(18)20)15(22)11-8-17-5-3-2-4-12(17)16-11/h2-5,8H,6-7,9-10H2,1H3. The van der Waals surface area contributed by atoms with Crippen molar-refractivity contribution in [3.8, 4) is 0 Å². The summed E-state index contributed by atoms with van der Waals surface area (Å²) in [5.41, 5.74) is 0.969. The van der Waals surface area contributed by atoms with Gasteiger partial charge in [-0.1, -0.05) is 6.07 Å². The van der Waals surface area contributed by atoms with Gasteiger partial charge in [-0.3, -0.25) is 14.4 Å². The lowest BCUT2D eigenvalue weighted by Crippen LogP contribution is -2.53. The molecular formula is C15H16N4O4. The number of nitrogens with zero attached hydrogens (tertiary/aromatic N) is 4. The highest BCUT2D eigenvalue weighted by Crippen LogP contribution is 2.11. The van der Waals surface area contributed by atoms with E-state index in [0.717, 1.165) is 0 Å². The summed E-state index contributed by atoms with van der Waals surface area (Å²) in [5.74, 6) is -1.04. The highest BCUT2D eigenvalue weighted by molar-refractivity contribution is 5.96. The predicted octanol–water partition coefficient (Wildman–Crippen LogP) is -0.208. The molecule has 0 aromatic carbocycles. The maximum atomic E-state index is 12.5. The van der Waals surface area contributed by atoms with E-state index < -0.39 is 5.97 Å². The molecule has 0 unspecified atom stereocenters. The van der Waals surface area contributed by atoms with E-state index >= 15 is 0 Å². The first-order valence-electron chi connectivity index (χ1n) is 7.16. The maximum absolute atomic E-state index is 12.5. The Bertz CT molecular complexity index is 737.